The van der Waals surface area contributed by atoms with Crippen LogP contribution in [0.25, 0.3) is 0 Å². The molecule has 0 aromatic rings. The van der Waals surface area contributed by atoms with Crippen molar-refractivity contribution in [3.05, 3.63) is 0 Å². The summed E-state index contributed by atoms with van der Waals surface area (Å²) in [5, 5.41) is 0. The maximum atomic E-state index is 10.1. The van der Waals surface area contributed by atoms with Gasteiger partial charge in [0.25, 0.3) is 0 Å². The molecule has 0 heterocycles. The Bertz CT molecular complexity index is 196. The largest absolute Gasteiger partial charge is 1.00 e. The van der Waals surface area contributed by atoms with Gasteiger partial charge in [0.05, 0.1) is 6.61 Å². The molecule has 1 N–H and O–H groups in total. The predicted octanol–water partition coefficient (Wildman–Crippen LogP) is -1.11. The van der Waals surface area contributed by atoms with E-state index in [2.05, 4.69) is 11.1 Å². The molecule has 0 aromatic carbocycles. The topological polar surface area (TPSA) is 63.6 Å². The number of hydrogen-bond donors (Lipinski definition) is 1. The fraction of sp³-hybridized carbons (Fsp3) is 1.00. The molecule has 0 aliphatic carbocycles. The molecule has 0 fully saturated rings. The Kier molecular flexibility index (Phi) is 11.1. The second kappa shape index (κ2) is 9.04. The second-order valence-electron chi connectivity index (χ2n) is 2.66. The molecule has 0 aromatic heterocycles. The van der Waals surface area contributed by atoms with E-state index < -0.39 is 10.4 Å². The van der Waals surface area contributed by atoms with E-state index in [1.807, 2.05) is 0 Å². The van der Waals surface area contributed by atoms with Crippen molar-refractivity contribution >= 4 is 10.4 Å². The molecule has 0 amide bonds. The van der Waals surface area contributed by atoms with E-state index in [9.17, 15) is 8.42 Å². The van der Waals surface area contributed by atoms with Gasteiger partial charge in [0.15, 0.2) is 0 Å². The third-order valence-electron chi connectivity index (χ3n) is 1.48. The Balaban J connectivity index is -0.000000605. The Labute approximate surface area is 93.7 Å². The van der Waals surface area contributed by atoms with Gasteiger partial charge in [-0.1, -0.05) is 32.6 Å². The minimum Gasteiger partial charge on any atom is -1.00 e. The zero-order chi connectivity index (χ0) is 9.45. The van der Waals surface area contributed by atoms with Crippen molar-refractivity contribution in [3.8, 4) is 0 Å². The molecule has 0 unspecified atom stereocenters. The van der Waals surface area contributed by atoms with Crippen LogP contribution in [0.15, 0.2) is 0 Å². The Morgan fingerprint density at radius 3 is 2.23 bits per heavy atom. The fourth-order valence-electron chi connectivity index (χ4n) is 0.870. The summed E-state index contributed by atoms with van der Waals surface area (Å²) in [7, 11) is -4.22. The van der Waals surface area contributed by atoms with Crippen molar-refractivity contribution in [1.29, 1.82) is 0 Å². The van der Waals surface area contributed by atoms with Crippen LogP contribution in [0.4, 0.5) is 0 Å². The van der Waals surface area contributed by atoms with Crippen molar-refractivity contribution in [2.45, 2.75) is 39.0 Å². The van der Waals surface area contributed by atoms with E-state index in [-0.39, 0.29) is 26.9 Å². The van der Waals surface area contributed by atoms with E-state index in [4.69, 9.17) is 4.55 Å². The van der Waals surface area contributed by atoms with E-state index in [1.165, 1.54) is 0 Å². The van der Waals surface area contributed by atoms with Gasteiger partial charge in [0, 0.05) is 0 Å². The van der Waals surface area contributed by atoms with Crippen molar-refractivity contribution in [3.63, 3.8) is 0 Å². The Morgan fingerprint density at radius 2 is 1.77 bits per heavy atom. The van der Waals surface area contributed by atoms with Gasteiger partial charge in [-0.3, -0.25) is 4.55 Å². The van der Waals surface area contributed by atoms with Crippen LogP contribution in [-0.2, 0) is 14.6 Å². The van der Waals surface area contributed by atoms with E-state index >= 15 is 0 Å². The summed E-state index contributed by atoms with van der Waals surface area (Å²) in [5.41, 5.74) is 0. The average Bonchev–Trinajstić information content (AvgIpc) is 1.94. The standard InChI is InChI=1S/C7H16O4S.Li.H/c1-2-3-4-5-6-7-11-12(8,9)10;;/h2-7H2,1H3,(H,8,9,10);;/q;+1;-1. The second-order valence-corrected chi connectivity index (χ2v) is 3.76. The molecule has 0 bridgehead atoms. The Hall–Kier alpha value is 0.467. The molecule has 0 atom stereocenters. The summed E-state index contributed by atoms with van der Waals surface area (Å²) in [6, 6.07) is 0. The van der Waals surface area contributed by atoms with Crippen LogP contribution in [0, 0.1) is 0 Å². The van der Waals surface area contributed by atoms with Crippen molar-refractivity contribution in [2.75, 3.05) is 6.61 Å². The third-order valence-corrected chi connectivity index (χ3v) is 1.94. The monoisotopic (exact) mass is 204 g/mol. The van der Waals surface area contributed by atoms with Crippen LogP contribution < -0.4 is 18.9 Å². The van der Waals surface area contributed by atoms with Gasteiger partial charge >= 0.3 is 29.3 Å². The number of unbranched alkanes of at least 4 members (excludes halogenated alkanes) is 4. The van der Waals surface area contributed by atoms with Crippen molar-refractivity contribution in [1.82, 2.24) is 0 Å². The number of rotatable bonds is 7. The van der Waals surface area contributed by atoms with Gasteiger partial charge in [-0.25, -0.2) is 4.18 Å². The molecule has 0 saturated heterocycles. The van der Waals surface area contributed by atoms with Gasteiger partial charge in [-0.2, -0.15) is 8.42 Å². The van der Waals surface area contributed by atoms with E-state index in [1.54, 1.807) is 0 Å². The molecule has 0 saturated carbocycles. The summed E-state index contributed by atoms with van der Waals surface area (Å²) in [6.07, 6.45) is 5.03. The summed E-state index contributed by atoms with van der Waals surface area (Å²) in [5.74, 6) is 0. The molecule has 0 radical (unpaired) electrons. The average molecular weight is 204 g/mol. The first kappa shape index (κ1) is 15.9. The first-order valence-corrected chi connectivity index (χ1v) is 5.54. The van der Waals surface area contributed by atoms with Gasteiger partial charge in [0.2, 0.25) is 0 Å². The summed E-state index contributed by atoms with van der Waals surface area (Å²) in [4.78, 5) is 0. The normalized spacial score (nSPS) is 10.9. The smallest absolute Gasteiger partial charge is 1.00 e. The molecule has 4 nitrogen and oxygen atoms in total. The SMILES string of the molecule is CCCCCCCOS(=O)(=O)O.[H-].[Li+]. The van der Waals surface area contributed by atoms with Gasteiger partial charge < -0.3 is 1.43 Å². The molecule has 13 heavy (non-hydrogen) atoms. The molecule has 76 valence electrons. The van der Waals surface area contributed by atoms with E-state index in [0.29, 0.717) is 6.42 Å². The first-order valence-electron chi connectivity index (χ1n) is 4.18. The predicted molar refractivity (Wildman–Crippen MR) is 47.4 cm³/mol. The maximum absolute atomic E-state index is 10.1. The number of hydrogen-bond acceptors (Lipinski definition) is 3. The quantitative estimate of drug-likeness (QED) is 0.324. The summed E-state index contributed by atoms with van der Waals surface area (Å²) < 4.78 is 32.4. The molecule has 0 spiro atoms. The van der Waals surface area contributed by atoms with Gasteiger partial charge in [-0.15, -0.1) is 0 Å². The van der Waals surface area contributed by atoms with E-state index in [0.717, 1.165) is 25.7 Å². The van der Waals surface area contributed by atoms with Crippen LogP contribution in [0.5, 0.6) is 0 Å². The zero-order valence-electron chi connectivity index (χ0n) is 9.32. The van der Waals surface area contributed by atoms with Gasteiger partial charge in [0.1, 0.15) is 0 Å². The van der Waals surface area contributed by atoms with Crippen LogP contribution in [-0.4, -0.2) is 19.6 Å². The maximum Gasteiger partial charge on any atom is 1.00 e. The minimum atomic E-state index is -4.22. The van der Waals surface area contributed by atoms with Crippen molar-refractivity contribution in [2.24, 2.45) is 0 Å². The molecule has 0 rings (SSSR count). The molecule has 6 heteroatoms. The molecular formula is C7H17LiO4S. The summed E-state index contributed by atoms with van der Waals surface area (Å²) >= 11 is 0. The van der Waals surface area contributed by atoms with Crippen LogP contribution >= 0.6 is 0 Å². The third kappa shape index (κ3) is 15.2. The fourth-order valence-corrected chi connectivity index (χ4v) is 1.20. The first-order chi connectivity index (χ1) is 5.56. The van der Waals surface area contributed by atoms with Crippen LogP contribution in [0.3, 0.4) is 0 Å². The molecular weight excluding hydrogens is 187 g/mol. The van der Waals surface area contributed by atoms with Gasteiger partial charge in [-0.05, 0) is 6.42 Å². The minimum absolute atomic E-state index is 0. The van der Waals surface area contributed by atoms with Crippen LogP contribution in [0.2, 0.25) is 0 Å². The summed E-state index contributed by atoms with van der Waals surface area (Å²) in [6.45, 7) is 2.19. The zero-order valence-corrected chi connectivity index (χ0v) is 9.14. The molecule has 0 aliphatic rings. The molecule has 0 aliphatic heterocycles. The Morgan fingerprint density at radius 1 is 1.23 bits per heavy atom. The van der Waals surface area contributed by atoms with Crippen LogP contribution in [0.1, 0.15) is 40.5 Å². The van der Waals surface area contributed by atoms with Crippen molar-refractivity contribution < 1.29 is 37.4 Å².